The first-order chi connectivity index (χ1) is 7.94. The van der Waals surface area contributed by atoms with Gasteiger partial charge in [0.15, 0.2) is 0 Å². The number of rotatable bonds is 6. The summed E-state index contributed by atoms with van der Waals surface area (Å²) in [5.41, 5.74) is 0. The van der Waals surface area contributed by atoms with Gasteiger partial charge in [-0.25, -0.2) is 0 Å². The van der Waals surface area contributed by atoms with Crippen molar-refractivity contribution in [1.29, 1.82) is 0 Å². The van der Waals surface area contributed by atoms with E-state index in [1.54, 1.807) is 11.8 Å². The van der Waals surface area contributed by atoms with Crippen LogP contribution in [0.15, 0.2) is 0 Å². The maximum absolute atomic E-state index is 12.2. The molecule has 0 saturated heterocycles. The molecule has 4 heteroatoms. The Morgan fingerprint density at radius 1 is 1.41 bits per heavy atom. The summed E-state index contributed by atoms with van der Waals surface area (Å²) in [4.78, 5) is 14.1. The molecule has 0 aromatic rings. The number of carbonyl (C=O) groups excluding carboxylic acids is 1. The highest BCUT2D eigenvalue weighted by Crippen LogP contribution is 2.28. The van der Waals surface area contributed by atoms with Crippen molar-refractivity contribution in [2.24, 2.45) is 0 Å². The minimum absolute atomic E-state index is 0.137. The molecule has 1 N–H and O–H groups in total. The van der Waals surface area contributed by atoms with Crippen molar-refractivity contribution in [2.45, 2.75) is 57.2 Å². The van der Waals surface area contributed by atoms with Gasteiger partial charge in [0.1, 0.15) is 0 Å². The van der Waals surface area contributed by atoms with Gasteiger partial charge < -0.3 is 10.0 Å². The molecule has 1 aliphatic rings. The summed E-state index contributed by atoms with van der Waals surface area (Å²) in [5, 5.41) is 8.89. The van der Waals surface area contributed by atoms with Gasteiger partial charge in [0.2, 0.25) is 5.91 Å². The SMILES string of the molecule is CC(C)(C)SCC(=O)N(CCCO)C1CCC1. The monoisotopic (exact) mass is 259 g/mol. The fourth-order valence-corrected chi connectivity index (χ4v) is 2.53. The van der Waals surface area contributed by atoms with Crippen molar-refractivity contribution in [2.75, 3.05) is 18.9 Å². The van der Waals surface area contributed by atoms with Gasteiger partial charge in [0.05, 0.1) is 5.75 Å². The van der Waals surface area contributed by atoms with E-state index in [0.29, 0.717) is 24.8 Å². The molecule has 1 fully saturated rings. The van der Waals surface area contributed by atoms with E-state index in [2.05, 4.69) is 20.8 Å². The van der Waals surface area contributed by atoms with Crippen LogP contribution in [0.5, 0.6) is 0 Å². The van der Waals surface area contributed by atoms with Crippen molar-refractivity contribution in [3.05, 3.63) is 0 Å². The lowest BCUT2D eigenvalue weighted by atomic mass is 9.91. The first-order valence-corrected chi connectivity index (χ1v) is 7.47. The Labute approximate surface area is 109 Å². The Kier molecular flexibility index (Phi) is 5.80. The molecule has 1 rings (SSSR count). The average molecular weight is 259 g/mol. The second-order valence-corrected chi connectivity index (χ2v) is 7.45. The van der Waals surface area contributed by atoms with Crippen LogP contribution in [0, 0.1) is 0 Å². The van der Waals surface area contributed by atoms with Gasteiger partial charge in [-0.3, -0.25) is 4.79 Å². The molecule has 0 atom stereocenters. The molecule has 100 valence electrons. The second-order valence-electron chi connectivity index (χ2n) is 5.65. The Morgan fingerprint density at radius 2 is 2.06 bits per heavy atom. The zero-order chi connectivity index (χ0) is 12.9. The molecule has 17 heavy (non-hydrogen) atoms. The molecule has 1 aliphatic carbocycles. The molecule has 3 nitrogen and oxygen atoms in total. The van der Waals surface area contributed by atoms with Gasteiger partial charge >= 0.3 is 0 Å². The summed E-state index contributed by atoms with van der Waals surface area (Å²) in [6.45, 7) is 7.28. The van der Waals surface area contributed by atoms with Gasteiger partial charge in [-0.1, -0.05) is 20.8 Å². The Hall–Kier alpha value is -0.220. The topological polar surface area (TPSA) is 40.5 Å². The summed E-state index contributed by atoms with van der Waals surface area (Å²) in [6.07, 6.45) is 4.21. The zero-order valence-corrected chi connectivity index (χ0v) is 12.1. The Morgan fingerprint density at radius 3 is 2.47 bits per heavy atom. The molecule has 0 bridgehead atoms. The molecule has 0 aliphatic heterocycles. The molecule has 0 radical (unpaired) electrons. The third kappa shape index (κ3) is 5.30. The average Bonchev–Trinajstić information content (AvgIpc) is 2.16. The van der Waals surface area contributed by atoms with Gasteiger partial charge in [-0.15, -0.1) is 11.8 Å². The van der Waals surface area contributed by atoms with E-state index in [1.807, 2.05) is 4.90 Å². The lowest BCUT2D eigenvalue weighted by Crippen LogP contribution is -2.46. The standard InChI is InChI=1S/C13H25NO2S/c1-13(2,3)17-10-12(16)14(8-5-9-15)11-6-4-7-11/h11,15H,4-10H2,1-3H3. The van der Waals surface area contributed by atoms with E-state index >= 15 is 0 Å². The van der Waals surface area contributed by atoms with Crippen molar-refractivity contribution < 1.29 is 9.90 Å². The number of hydrogen-bond acceptors (Lipinski definition) is 3. The molecule has 0 aromatic carbocycles. The van der Waals surface area contributed by atoms with Crippen LogP contribution >= 0.6 is 11.8 Å². The number of amides is 1. The third-order valence-electron chi connectivity index (χ3n) is 3.02. The number of thioether (sulfide) groups is 1. The largest absolute Gasteiger partial charge is 0.396 e. The molecule has 0 heterocycles. The quantitative estimate of drug-likeness (QED) is 0.795. The number of hydrogen-bond donors (Lipinski definition) is 1. The molecule has 1 amide bonds. The van der Waals surface area contributed by atoms with Crippen molar-refractivity contribution in [3.63, 3.8) is 0 Å². The van der Waals surface area contributed by atoms with Crippen LogP contribution in [0.2, 0.25) is 0 Å². The second kappa shape index (κ2) is 6.64. The molecule has 0 aromatic heterocycles. The van der Waals surface area contributed by atoms with Gasteiger partial charge in [-0.2, -0.15) is 0 Å². The predicted octanol–water partition coefficient (Wildman–Crippen LogP) is 2.28. The van der Waals surface area contributed by atoms with E-state index in [9.17, 15) is 4.79 Å². The molecular formula is C13H25NO2S. The third-order valence-corrected chi connectivity index (χ3v) is 4.28. The Balaban J connectivity index is 2.41. The van der Waals surface area contributed by atoms with Crippen LogP contribution in [0.3, 0.4) is 0 Å². The van der Waals surface area contributed by atoms with Crippen molar-refractivity contribution >= 4 is 17.7 Å². The van der Waals surface area contributed by atoms with Crippen molar-refractivity contribution in [3.8, 4) is 0 Å². The van der Waals surface area contributed by atoms with E-state index < -0.39 is 0 Å². The predicted molar refractivity (Wildman–Crippen MR) is 73.3 cm³/mol. The fraction of sp³-hybridized carbons (Fsp3) is 0.923. The number of nitrogens with zero attached hydrogens (tertiary/aromatic N) is 1. The highest BCUT2D eigenvalue weighted by molar-refractivity contribution is 8.01. The van der Waals surface area contributed by atoms with E-state index in [1.165, 1.54) is 6.42 Å². The fourth-order valence-electron chi connectivity index (χ4n) is 1.81. The summed E-state index contributed by atoms with van der Waals surface area (Å²) in [7, 11) is 0. The van der Waals surface area contributed by atoms with Crippen LogP contribution in [0.4, 0.5) is 0 Å². The van der Waals surface area contributed by atoms with Gasteiger partial charge in [-0.05, 0) is 25.7 Å². The van der Waals surface area contributed by atoms with Gasteiger partial charge in [0.25, 0.3) is 0 Å². The van der Waals surface area contributed by atoms with Crippen LogP contribution < -0.4 is 0 Å². The first kappa shape index (κ1) is 14.8. The summed E-state index contributed by atoms with van der Waals surface area (Å²) < 4.78 is 0.137. The zero-order valence-electron chi connectivity index (χ0n) is 11.2. The maximum atomic E-state index is 12.2. The molecule has 1 saturated carbocycles. The lowest BCUT2D eigenvalue weighted by Gasteiger charge is -2.38. The summed E-state index contributed by atoms with van der Waals surface area (Å²) in [5.74, 6) is 0.800. The first-order valence-electron chi connectivity index (χ1n) is 6.48. The molecular weight excluding hydrogens is 234 g/mol. The van der Waals surface area contributed by atoms with E-state index in [-0.39, 0.29) is 17.3 Å². The Bertz CT molecular complexity index is 246. The number of aliphatic hydroxyl groups excluding tert-OH is 1. The maximum Gasteiger partial charge on any atom is 0.232 e. The lowest BCUT2D eigenvalue weighted by molar-refractivity contribution is -0.132. The normalized spacial score (nSPS) is 16.7. The molecule has 0 unspecified atom stereocenters. The van der Waals surface area contributed by atoms with E-state index in [4.69, 9.17) is 5.11 Å². The van der Waals surface area contributed by atoms with Crippen molar-refractivity contribution in [1.82, 2.24) is 4.90 Å². The minimum atomic E-state index is 0.137. The van der Waals surface area contributed by atoms with Crippen LogP contribution in [0.1, 0.15) is 46.5 Å². The number of carbonyl (C=O) groups is 1. The van der Waals surface area contributed by atoms with Crippen LogP contribution in [-0.2, 0) is 4.79 Å². The highest BCUT2D eigenvalue weighted by Gasteiger charge is 2.28. The van der Waals surface area contributed by atoms with Crippen LogP contribution in [0.25, 0.3) is 0 Å². The van der Waals surface area contributed by atoms with Crippen LogP contribution in [-0.4, -0.2) is 45.6 Å². The minimum Gasteiger partial charge on any atom is -0.396 e. The van der Waals surface area contributed by atoms with E-state index in [0.717, 1.165) is 12.8 Å². The van der Waals surface area contributed by atoms with Gasteiger partial charge in [0, 0.05) is 23.9 Å². The molecule has 0 spiro atoms. The number of aliphatic hydroxyl groups is 1. The summed E-state index contributed by atoms with van der Waals surface area (Å²) >= 11 is 1.70. The highest BCUT2D eigenvalue weighted by atomic mass is 32.2. The smallest absolute Gasteiger partial charge is 0.232 e. The summed E-state index contributed by atoms with van der Waals surface area (Å²) in [6, 6.07) is 0.439.